The molecule has 1 aliphatic rings. The van der Waals surface area contributed by atoms with Crippen molar-refractivity contribution in [3.05, 3.63) is 65.9 Å². The largest absolute Gasteiger partial charge is 0.457 e. The first-order chi connectivity index (χ1) is 13.6. The van der Waals surface area contributed by atoms with Crippen LogP contribution < -0.4 is 10.1 Å². The fourth-order valence-corrected chi connectivity index (χ4v) is 3.38. The monoisotopic (exact) mass is 373 g/mol. The lowest BCUT2D eigenvalue weighted by Gasteiger charge is -2.12. The molecule has 6 nitrogen and oxygen atoms in total. The van der Waals surface area contributed by atoms with E-state index in [1.165, 1.54) is 0 Å². The van der Waals surface area contributed by atoms with Gasteiger partial charge in [-0.15, -0.1) is 0 Å². The summed E-state index contributed by atoms with van der Waals surface area (Å²) in [5.41, 5.74) is 1.63. The Kier molecular flexibility index (Phi) is 4.92. The van der Waals surface area contributed by atoms with Gasteiger partial charge in [0.2, 0.25) is 0 Å². The number of nitriles is 1. The van der Waals surface area contributed by atoms with E-state index in [1.54, 1.807) is 36.4 Å². The highest BCUT2D eigenvalue weighted by Gasteiger charge is 2.24. The van der Waals surface area contributed by atoms with Gasteiger partial charge in [0, 0.05) is 11.4 Å². The van der Waals surface area contributed by atoms with E-state index < -0.39 is 0 Å². The third kappa shape index (κ3) is 3.95. The summed E-state index contributed by atoms with van der Waals surface area (Å²) < 4.78 is 5.82. The van der Waals surface area contributed by atoms with Gasteiger partial charge in [0.15, 0.2) is 0 Å². The van der Waals surface area contributed by atoms with Gasteiger partial charge in [-0.2, -0.15) is 5.26 Å². The van der Waals surface area contributed by atoms with E-state index in [0.29, 0.717) is 34.7 Å². The fraction of sp³-hybridized carbons (Fsp3) is 0.227. The number of carbonyl (C=O) groups excluding carboxylic acids is 1. The van der Waals surface area contributed by atoms with Crippen LogP contribution in [0.25, 0.3) is 10.9 Å². The molecular formula is C22H19N3O3. The molecule has 140 valence electrons. The minimum absolute atomic E-state index is 0.00296. The lowest BCUT2D eigenvalue weighted by atomic mass is 10.1. The van der Waals surface area contributed by atoms with Gasteiger partial charge >= 0.3 is 0 Å². The summed E-state index contributed by atoms with van der Waals surface area (Å²) in [4.78, 5) is 16.8. The summed E-state index contributed by atoms with van der Waals surface area (Å²) in [6, 6.07) is 18.0. The smallest absolute Gasteiger partial charge is 0.270 e. The Hall–Kier alpha value is -3.43. The Bertz CT molecular complexity index is 1060. The molecule has 0 radical (unpaired) electrons. The normalized spacial score (nSPS) is 18.6. The highest BCUT2D eigenvalue weighted by Crippen LogP contribution is 2.26. The first-order valence-electron chi connectivity index (χ1n) is 9.18. The maximum atomic E-state index is 12.4. The van der Waals surface area contributed by atoms with Crippen LogP contribution in [-0.2, 0) is 0 Å². The van der Waals surface area contributed by atoms with Crippen LogP contribution in [0.2, 0.25) is 0 Å². The van der Waals surface area contributed by atoms with Gasteiger partial charge in [0.25, 0.3) is 5.91 Å². The zero-order chi connectivity index (χ0) is 19.5. The van der Waals surface area contributed by atoms with E-state index in [1.807, 2.05) is 18.2 Å². The van der Waals surface area contributed by atoms with Gasteiger partial charge in [-0.3, -0.25) is 4.79 Å². The number of fused-ring (bicyclic) bond motifs is 1. The predicted molar refractivity (Wildman–Crippen MR) is 104 cm³/mol. The average Bonchev–Trinajstić information content (AvgIpc) is 3.12. The van der Waals surface area contributed by atoms with Crippen molar-refractivity contribution in [3.63, 3.8) is 0 Å². The van der Waals surface area contributed by atoms with Crippen molar-refractivity contribution >= 4 is 16.8 Å². The van der Waals surface area contributed by atoms with Crippen LogP contribution in [0.3, 0.4) is 0 Å². The molecule has 1 aromatic heterocycles. The van der Waals surface area contributed by atoms with Gasteiger partial charge in [-0.05, 0) is 67.8 Å². The van der Waals surface area contributed by atoms with E-state index in [9.17, 15) is 9.90 Å². The minimum Gasteiger partial charge on any atom is -0.457 e. The Labute approximate surface area is 162 Å². The summed E-state index contributed by atoms with van der Waals surface area (Å²) in [5, 5.41) is 22.2. The molecule has 2 aromatic carbocycles. The maximum absolute atomic E-state index is 12.4. The van der Waals surface area contributed by atoms with Crippen molar-refractivity contribution in [1.29, 1.82) is 5.26 Å². The number of benzene rings is 2. The molecule has 2 atom stereocenters. The van der Waals surface area contributed by atoms with Crippen LogP contribution >= 0.6 is 0 Å². The van der Waals surface area contributed by atoms with E-state index in [2.05, 4.69) is 16.4 Å². The molecule has 1 heterocycles. The molecule has 4 rings (SSSR count). The van der Waals surface area contributed by atoms with Crippen molar-refractivity contribution < 1.29 is 14.6 Å². The molecule has 1 amide bonds. The number of rotatable bonds is 4. The van der Waals surface area contributed by atoms with Crippen molar-refractivity contribution in [1.82, 2.24) is 10.3 Å². The lowest BCUT2D eigenvalue weighted by molar-refractivity contribution is 0.0929. The molecule has 0 spiro atoms. The molecule has 0 aliphatic heterocycles. The second-order valence-electron chi connectivity index (χ2n) is 6.93. The van der Waals surface area contributed by atoms with Crippen molar-refractivity contribution in [3.8, 4) is 17.6 Å². The second-order valence-corrected chi connectivity index (χ2v) is 6.93. The number of aromatic nitrogens is 1. The molecule has 0 saturated heterocycles. The van der Waals surface area contributed by atoms with Gasteiger partial charge in [-0.1, -0.05) is 6.07 Å². The summed E-state index contributed by atoms with van der Waals surface area (Å²) in [6.45, 7) is 0. The van der Waals surface area contributed by atoms with E-state index in [4.69, 9.17) is 10.00 Å². The van der Waals surface area contributed by atoms with Crippen LogP contribution in [0, 0.1) is 11.3 Å². The van der Waals surface area contributed by atoms with Crippen molar-refractivity contribution in [2.75, 3.05) is 0 Å². The van der Waals surface area contributed by atoms with Crippen LogP contribution in [-0.4, -0.2) is 28.1 Å². The topological polar surface area (TPSA) is 95.2 Å². The van der Waals surface area contributed by atoms with Gasteiger partial charge < -0.3 is 15.2 Å². The summed E-state index contributed by atoms with van der Waals surface area (Å²) in [5.74, 6) is 1.07. The SMILES string of the molecule is N#Cc1ccc(Oc2ccc3nc(C(=O)N[C@@H]4CC[C@@H](O)C4)ccc3c2)cc1. The minimum atomic E-state index is -0.329. The van der Waals surface area contributed by atoms with Crippen molar-refractivity contribution in [2.45, 2.75) is 31.4 Å². The first kappa shape index (κ1) is 18.0. The summed E-state index contributed by atoms with van der Waals surface area (Å²) >= 11 is 0. The third-order valence-electron chi connectivity index (χ3n) is 4.85. The molecule has 0 bridgehead atoms. The number of amides is 1. The van der Waals surface area contributed by atoms with Gasteiger partial charge in [0.05, 0.1) is 23.3 Å². The Morgan fingerprint density at radius 2 is 1.89 bits per heavy atom. The predicted octanol–water partition coefficient (Wildman–Crippen LogP) is 3.54. The molecule has 0 unspecified atom stereocenters. The standard InChI is InChI=1S/C22H19N3O3/c23-13-14-1-6-18(7-2-14)28-19-8-10-20-15(11-19)3-9-21(25-20)22(27)24-16-4-5-17(26)12-16/h1-3,6-11,16-17,26H,4-5,12H2,(H,24,27)/t16-,17-/m1/s1. The molecule has 6 heteroatoms. The molecule has 1 aliphatic carbocycles. The maximum Gasteiger partial charge on any atom is 0.270 e. The van der Waals surface area contributed by atoms with Crippen molar-refractivity contribution in [2.24, 2.45) is 0 Å². The number of nitrogens with one attached hydrogen (secondary N) is 1. The second kappa shape index (κ2) is 7.67. The number of aliphatic hydroxyl groups excluding tert-OH is 1. The van der Waals surface area contributed by atoms with Gasteiger partial charge in [-0.25, -0.2) is 4.98 Å². The first-order valence-corrected chi connectivity index (χ1v) is 9.18. The highest BCUT2D eigenvalue weighted by atomic mass is 16.5. The Morgan fingerprint density at radius 1 is 1.11 bits per heavy atom. The van der Waals surface area contributed by atoms with E-state index in [-0.39, 0.29) is 18.1 Å². The molecule has 28 heavy (non-hydrogen) atoms. The van der Waals surface area contributed by atoms with E-state index >= 15 is 0 Å². The molecule has 3 aromatic rings. The van der Waals surface area contributed by atoms with E-state index in [0.717, 1.165) is 18.2 Å². The average molecular weight is 373 g/mol. The number of hydrogen-bond acceptors (Lipinski definition) is 5. The van der Waals surface area contributed by atoms with Crippen LogP contribution in [0.4, 0.5) is 0 Å². The number of nitrogens with zero attached hydrogens (tertiary/aromatic N) is 2. The van der Waals surface area contributed by atoms with Gasteiger partial charge in [0.1, 0.15) is 17.2 Å². The summed E-state index contributed by atoms with van der Waals surface area (Å²) in [7, 11) is 0. The molecule has 2 N–H and O–H groups in total. The fourth-order valence-electron chi connectivity index (χ4n) is 3.38. The number of pyridine rings is 1. The molecular weight excluding hydrogens is 354 g/mol. The Balaban J connectivity index is 1.49. The number of ether oxygens (including phenoxy) is 1. The highest BCUT2D eigenvalue weighted by molar-refractivity contribution is 5.95. The summed E-state index contributed by atoms with van der Waals surface area (Å²) in [6.07, 6.45) is 1.77. The number of carbonyl (C=O) groups is 1. The van der Waals surface area contributed by atoms with Crippen LogP contribution in [0.15, 0.2) is 54.6 Å². The Morgan fingerprint density at radius 3 is 2.61 bits per heavy atom. The zero-order valence-electron chi connectivity index (χ0n) is 15.1. The number of hydrogen-bond donors (Lipinski definition) is 2. The zero-order valence-corrected chi connectivity index (χ0v) is 15.1. The molecule has 1 saturated carbocycles. The van der Waals surface area contributed by atoms with Crippen LogP contribution in [0.1, 0.15) is 35.3 Å². The third-order valence-corrected chi connectivity index (χ3v) is 4.85. The quantitative estimate of drug-likeness (QED) is 0.729. The van der Waals surface area contributed by atoms with Crippen LogP contribution in [0.5, 0.6) is 11.5 Å². The number of aliphatic hydroxyl groups is 1. The lowest BCUT2D eigenvalue weighted by Crippen LogP contribution is -2.33. The molecule has 1 fully saturated rings.